The third-order valence-electron chi connectivity index (χ3n) is 3.45. The number of carbonyl (C=O) groups is 2. The number of ether oxygens (including phenoxy) is 1. The molecular formula is C18H20N2O3S. The summed E-state index contributed by atoms with van der Waals surface area (Å²) in [6.45, 7) is 2.04. The maximum Gasteiger partial charge on any atom is 0.341 e. The number of hydrogen-bond acceptors (Lipinski definition) is 5. The molecule has 0 saturated heterocycles. The first-order chi connectivity index (χ1) is 11.5. The molecule has 1 aromatic carbocycles. The second kappa shape index (κ2) is 8.49. The van der Waals surface area contributed by atoms with Gasteiger partial charge in [0.1, 0.15) is 5.03 Å². The number of nitrogens with zero attached hydrogens (tertiary/aromatic N) is 2. The van der Waals surface area contributed by atoms with E-state index in [9.17, 15) is 9.59 Å². The molecule has 1 amide bonds. The predicted octanol–water partition coefficient (Wildman–Crippen LogP) is 3.01. The number of aromatic nitrogens is 1. The van der Waals surface area contributed by atoms with E-state index >= 15 is 0 Å². The highest BCUT2D eigenvalue weighted by Gasteiger charge is 2.23. The van der Waals surface area contributed by atoms with E-state index in [1.54, 1.807) is 37.2 Å². The van der Waals surface area contributed by atoms with Crippen LogP contribution in [0, 0.1) is 0 Å². The smallest absolute Gasteiger partial charge is 0.341 e. The minimum Gasteiger partial charge on any atom is -0.449 e. The molecule has 0 fully saturated rings. The van der Waals surface area contributed by atoms with Gasteiger partial charge in [-0.05, 0) is 30.9 Å². The first-order valence-corrected chi connectivity index (χ1v) is 8.74. The third-order valence-corrected chi connectivity index (χ3v) is 4.17. The fourth-order valence-electron chi connectivity index (χ4n) is 2.23. The minimum absolute atomic E-state index is 0.248. The molecule has 6 heteroatoms. The van der Waals surface area contributed by atoms with Gasteiger partial charge in [0, 0.05) is 19.8 Å². The summed E-state index contributed by atoms with van der Waals surface area (Å²) in [4.78, 5) is 30.3. The van der Waals surface area contributed by atoms with Gasteiger partial charge in [0.25, 0.3) is 5.91 Å². The molecule has 126 valence electrons. The Morgan fingerprint density at radius 3 is 2.58 bits per heavy atom. The number of likely N-dealkylation sites (N-methyl/N-ethyl adjacent to an activating group) is 1. The number of esters is 1. The molecule has 1 aromatic heterocycles. The predicted molar refractivity (Wildman–Crippen MR) is 93.8 cm³/mol. The molecule has 0 aliphatic rings. The second-order valence-corrected chi connectivity index (χ2v) is 6.08. The Bertz CT molecular complexity index is 706. The molecule has 0 bridgehead atoms. The number of hydrogen-bond donors (Lipinski definition) is 0. The molecule has 0 spiro atoms. The lowest BCUT2D eigenvalue weighted by atomic mass is 10.2. The average Bonchev–Trinajstić information content (AvgIpc) is 2.61. The molecule has 0 unspecified atom stereocenters. The van der Waals surface area contributed by atoms with Crippen molar-refractivity contribution in [2.75, 3.05) is 13.3 Å². The molecule has 5 nitrogen and oxygen atoms in total. The van der Waals surface area contributed by atoms with E-state index in [0.29, 0.717) is 17.1 Å². The van der Waals surface area contributed by atoms with Gasteiger partial charge in [0.15, 0.2) is 6.10 Å². The van der Waals surface area contributed by atoms with Crippen LogP contribution >= 0.6 is 11.8 Å². The molecule has 0 radical (unpaired) electrons. The molecular weight excluding hydrogens is 324 g/mol. The van der Waals surface area contributed by atoms with Crippen molar-refractivity contribution >= 4 is 23.6 Å². The number of carbonyl (C=O) groups excluding carboxylic acids is 2. The fourth-order valence-corrected chi connectivity index (χ4v) is 2.77. The highest BCUT2D eigenvalue weighted by atomic mass is 32.2. The van der Waals surface area contributed by atoms with E-state index in [2.05, 4.69) is 4.98 Å². The maximum atomic E-state index is 12.4. The molecule has 2 rings (SSSR count). The minimum atomic E-state index is -0.860. The van der Waals surface area contributed by atoms with Crippen LogP contribution in [0.5, 0.6) is 0 Å². The van der Waals surface area contributed by atoms with E-state index < -0.39 is 12.1 Å². The Balaban J connectivity index is 1.99. The lowest BCUT2D eigenvalue weighted by Gasteiger charge is -2.21. The number of amides is 1. The molecule has 0 saturated carbocycles. The Morgan fingerprint density at radius 1 is 1.21 bits per heavy atom. The van der Waals surface area contributed by atoms with Crippen molar-refractivity contribution in [3.05, 3.63) is 59.8 Å². The van der Waals surface area contributed by atoms with Crippen molar-refractivity contribution in [2.24, 2.45) is 0 Å². The van der Waals surface area contributed by atoms with Gasteiger partial charge < -0.3 is 9.64 Å². The van der Waals surface area contributed by atoms with Crippen molar-refractivity contribution in [1.29, 1.82) is 0 Å². The van der Waals surface area contributed by atoms with Gasteiger partial charge in [-0.3, -0.25) is 4.79 Å². The summed E-state index contributed by atoms with van der Waals surface area (Å²) >= 11 is 1.36. The molecule has 0 N–H and O–H groups in total. The van der Waals surface area contributed by atoms with Crippen LogP contribution in [0.1, 0.15) is 22.8 Å². The standard InChI is InChI=1S/C18H20N2O3S/c1-13(17(21)20(2)12-14-8-5-4-6-9-14)23-18(22)15-10-7-11-19-16(15)24-3/h4-11,13H,12H2,1-3H3/t13-/m0/s1. The molecule has 1 heterocycles. The van der Waals surface area contributed by atoms with Gasteiger partial charge in [-0.25, -0.2) is 9.78 Å². The van der Waals surface area contributed by atoms with Crippen molar-refractivity contribution < 1.29 is 14.3 Å². The zero-order chi connectivity index (χ0) is 17.5. The SMILES string of the molecule is CSc1ncccc1C(=O)O[C@@H](C)C(=O)N(C)Cc1ccccc1. The number of rotatable bonds is 6. The van der Waals surface area contributed by atoms with Crippen molar-refractivity contribution in [3.8, 4) is 0 Å². The monoisotopic (exact) mass is 344 g/mol. The van der Waals surface area contributed by atoms with Crippen LogP contribution in [-0.4, -0.2) is 41.2 Å². The third kappa shape index (κ3) is 4.58. The van der Waals surface area contributed by atoms with Gasteiger partial charge >= 0.3 is 5.97 Å². The molecule has 0 aliphatic carbocycles. The maximum absolute atomic E-state index is 12.4. The quantitative estimate of drug-likeness (QED) is 0.595. The summed E-state index contributed by atoms with van der Waals surface area (Å²) in [5.41, 5.74) is 1.39. The lowest BCUT2D eigenvalue weighted by Crippen LogP contribution is -2.37. The van der Waals surface area contributed by atoms with E-state index in [1.807, 2.05) is 36.6 Å². The molecule has 2 aromatic rings. The topological polar surface area (TPSA) is 59.5 Å². The van der Waals surface area contributed by atoms with Crippen LogP contribution in [-0.2, 0) is 16.1 Å². The number of benzene rings is 1. The van der Waals surface area contributed by atoms with E-state index in [4.69, 9.17) is 4.74 Å². The summed E-state index contributed by atoms with van der Waals surface area (Å²) in [6.07, 6.45) is 2.59. The van der Waals surface area contributed by atoms with E-state index in [1.165, 1.54) is 11.8 Å². The number of pyridine rings is 1. The summed E-state index contributed by atoms with van der Waals surface area (Å²) in [5, 5.41) is 0.583. The zero-order valence-electron chi connectivity index (χ0n) is 13.9. The highest BCUT2D eigenvalue weighted by Crippen LogP contribution is 2.18. The average molecular weight is 344 g/mol. The Morgan fingerprint density at radius 2 is 1.92 bits per heavy atom. The Labute approximate surface area is 146 Å². The second-order valence-electron chi connectivity index (χ2n) is 5.29. The lowest BCUT2D eigenvalue weighted by molar-refractivity contribution is -0.139. The van der Waals surface area contributed by atoms with Gasteiger partial charge in [0.05, 0.1) is 5.56 Å². The highest BCUT2D eigenvalue weighted by molar-refractivity contribution is 7.98. The molecule has 0 aliphatic heterocycles. The van der Waals surface area contributed by atoms with Gasteiger partial charge in [-0.1, -0.05) is 30.3 Å². The first-order valence-electron chi connectivity index (χ1n) is 7.51. The van der Waals surface area contributed by atoms with Crippen LogP contribution in [0.3, 0.4) is 0 Å². The van der Waals surface area contributed by atoms with Gasteiger partial charge in [-0.2, -0.15) is 0 Å². The van der Waals surface area contributed by atoms with Crippen LogP contribution in [0.2, 0.25) is 0 Å². The molecule has 1 atom stereocenters. The van der Waals surface area contributed by atoms with Crippen molar-refractivity contribution in [1.82, 2.24) is 9.88 Å². The Kier molecular flexibility index (Phi) is 6.37. The van der Waals surface area contributed by atoms with Gasteiger partial charge in [-0.15, -0.1) is 11.8 Å². The van der Waals surface area contributed by atoms with E-state index in [-0.39, 0.29) is 5.91 Å². The van der Waals surface area contributed by atoms with Crippen molar-refractivity contribution in [3.63, 3.8) is 0 Å². The largest absolute Gasteiger partial charge is 0.449 e. The summed E-state index contributed by atoms with van der Waals surface area (Å²) in [6, 6.07) is 13.0. The van der Waals surface area contributed by atoms with Crippen LogP contribution in [0.25, 0.3) is 0 Å². The summed E-state index contributed by atoms with van der Waals surface area (Å²) in [5.74, 6) is -0.789. The normalized spacial score (nSPS) is 11.6. The zero-order valence-corrected chi connectivity index (χ0v) is 14.7. The fraction of sp³-hybridized carbons (Fsp3) is 0.278. The van der Waals surface area contributed by atoms with Crippen molar-refractivity contribution in [2.45, 2.75) is 24.6 Å². The summed E-state index contributed by atoms with van der Waals surface area (Å²) in [7, 11) is 1.69. The summed E-state index contributed by atoms with van der Waals surface area (Å²) < 4.78 is 5.32. The van der Waals surface area contributed by atoms with Crippen LogP contribution < -0.4 is 0 Å². The van der Waals surface area contributed by atoms with E-state index in [0.717, 1.165) is 5.56 Å². The Hall–Kier alpha value is -2.34. The van der Waals surface area contributed by atoms with Crippen LogP contribution in [0.4, 0.5) is 0 Å². The van der Waals surface area contributed by atoms with Gasteiger partial charge in [0.2, 0.25) is 0 Å². The first kappa shape index (κ1) is 18.0. The van der Waals surface area contributed by atoms with Crippen LogP contribution in [0.15, 0.2) is 53.7 Å². The number of thioether (sulfide) groups is 1. The molecule has 24 heavy (non-hydrogen) atoms.